The van der Waals surface area contributed by atoms with Crippen LogP contribution in [0.25, 0.3) is 10.9 Å². The molecular formula is C22H20F3N3O2S. The first-order valence-corrected chi connectivity index (χ1v) is 10.4. The number of hydrogen-bond acceptors (Lipinski definition) is 5. The molecule has 0 aliphatic heterocycles. The molecule has 5 nitrogen and oxygen atoms in total. The van der Waals surface area contributed by atoms with Crippen molar-refractivity contribution in [3.05, 3.63) is 59.9 Å². The number of Topliss-reactive ketones (excluding diaryl/α,β-unsaturated/α-hetero) is 1. The maximum Gasteiger partial charge on any atom is 0.451 e. The van der Waals surface area contributed by atoms with Crippen LogP contribution in [0.5, 0.6) is 0 Å². The van der Waals surface area contributed by atoms with E-state index in [-0.39, 0.29) is 28.0 Å². The lowest BCUT2D eigenvalue weighted by Gasteiger charge is -2.17. The van der Waals surface area contributed by atoms with Crippen LogP contribution >= 0.6 is 11.8 Å². The Labute approximate surface area is 181 Å². The number of ketones is 1. The van der Waals surface area contributed by atoms with Crippen molar-refractivity contribution in [1.29, 1.82) is 0 Å². The van der Waals surface area contributed by atoms with E-state index in [1.54, 1.807) is 63.2 Å². The second-order valence-corrected chi connectivity index (χ2v) is 8.82. The average molecular weight is 447 g/mol. The van der Waals surface area contributed by atoms with Gasteiger partial charge in [0.25, 0.3) is 0 Å². The Morgan fingerprint density at radius 3 is 2.23 bits per heavy atom. The molecule has 0 bridgehead atoms. The zero-order valence-electron chi connectivity index (χ0n) is 17.1. The largest absolute Gasteiger partial charge is 0.451 e. The highest BCUT2D eigenvalue weighted by Gasteiger charge is 2.35. The van der Waals surface area contributed by atoms with Gasteiger partial charge in [-0.1, -0.05) is 50.7 Å². The quantitative estimate of drug-likeness (QED) is 0.313. The summed E-state index contributed by atoms with van der Waals surface area (Å²) in [5, 5.41) is 3.32. The number of para-hydroxylation sites is 1. The Hall–Kier alpha value is -2.94. The lowest BCUT2D eigenvalue weighted by atomic mass is 9.95. The fraction of sp³-hybridized carbons (Fsp3) is 0.273. The molecule has 3 rings (SSSR count). The summed E-state index contributed by atoms with van der Waals surface area (Å²) < 4.78 is 39.4. The second kappa shape index (κ2) is 8.66. The topological polar surface area (TPSA) is 72.0 Å². The predicted molar refractivity (Wildman–Crippen MR) is 114 cm³/mol. The van der Waals surface area contributed by atoms with Gasteiger partial charge in [0.15, 0.2) is 5.78 Å². The molecule has 2 aromatic carbocycles. The van der Waals surface area contributed by atoms with Crippen molar-refractivity contribution < 1.29 is 22.8 Å². The number of carbonyl (C=O) groups excluding carboxylic acids is 2. The van der Waals surface area contributed by atoms with Crippen molar-refractivity contribution >= 4 is 40.0 Å². The van der Waals surface area contributed by atoms with Gasteiger partial charge >= 0.3 is 6.18 Å². The molecule has 0 saturated carbocycles. The molecule has 0 saturated heterocycles. The molecule has 1 heterocycles. The number of amides is 1. The van der Waals surface area contributed by atoms with Crippen molar-refractivity contribution in [2.75, 3.05) is 11.1 Å². The molecule has 9 heteroatoms. The maximum atomic E-state index is 13.1. The minimum absolute atomic E-state index is 0.0913. The van der Waals surface area contributed by atoms with Crippen LogP contribution in [-0.2, 0) is 11.0 Å². The third-order valence-corrected chi connectivity index (χ3v) is 5.30. The Kier molecular flexibility index (Phi) is 6.35. The summed E-state index contributed by atoms with van der Waals surface area (Å²) in [6.07, 6.45) is -4.68. The number of benzene rings is 2. The normalized spacial score (nSPS) is 12.1. The molecule has 31 heavy (non-hydrogen) atoms. The smallest absolute Gasteiger partial charge is 0.326 e. The van der Waals surface area contributed by atoms with Crippen molar-refractivity contribution in [3.63, 3.8) is 0 Å². The highest BCUT2D eigenvalue weighted by Crippen LogP contribution is 2.32. The van der Waals surface area contributed by atoms with E-state index in [1.165, 1.54) is 6.07 Å². The number of nitrogens with zero attached hydrogens (tertiary/aromatic N) is 2. The molecule has 3 aromatic rings. The molecule has 1 N–H and O–H groups in total. The van der Waals surface area contributed by atoms with E-state index in [4.69, 9.17) is 0 Å². The van der Waals surface area contributed by atoms with Crippen molar-refractivity contribution in [2.45, 2.75) is 32.0 Å². The van der Waals surface area contributed by atoms with Crippen LogP contribution in [0.3, 0.4) is 0 Å². The summed E-state index contributed by atoms with van der Waals surface area (Å²) in [7, 11) is 0. The number of nitrogens with one attached hydrogen (secondary N) is 1. The predicted octanol–water partition coefficient (Wildman–Crippen LogP) is 5.61. The van der Waals surface area contributed by atoms with E-state index in [0.717, 1.165) is 11.8 Å². The molecule has 0 unspecified atom stereocenters. The van der Waals surface area contributed by atoms with E-state index < -0.39 is 17.4 Å². The SMILES string of the molecule is CC(C)(C)C(=O)Nc1ccc(C(=O)CSc2nc(C(F)(F)F)nc3ccccc23)cc1. The molecule has 0 spiro atoms. The molecule has 162 valence electrons. The third kappa shape index (κ3) is 5.61. The van der Waals surface area contributed by atoms with E-state index in [2.05, 4.69) is 15.3 Å². The van der Waals surface area contributed by atoms with Gasteiger partial charge < -0.3 is 5.32 Å². The zero-order valence-corrected chi connectivity index (χ0v) is 17.9. The van der Waals surface area contributed by atoms with Crippen LogP contribution < -0.4 is 5.32 Å². The summed E-state index contributed by atoms with van der Waals surface area (Å²) in [6, 6.07) is 12.7. The summed E-state index contributed by atoms with van der Waals surface area (Å²) in [5.41, 5.74) is 0.552. The molecule has 0 radical (unpaired) electrons. The number of fused-ring (bicyclic) bond motifs is 1. The van der Waals surface area contributed by atoms with Crippen LogP contribution in [-0.4, -0.2) is 27.4 Å². The van der Waals surface area contributed by atoms with Crippen LogP contribution in [0.1, 0.15) is 37.0 Å². The zero-order chi connectivity index (χ0) is 22.8. The van der Waals surface area contributed by atoms with Crippen LogP contribution in [0, 0.1) is 5.41 Å². The molecule has 1 amide bonds. The third-order valence-electron chi connectivity index (χ3n) is 4.31. The van der Waals surface area contributed by atoms with Gasteiger partial charge in [0.05, 0.1) is 11.3 Å². The molecule has 0 fully saturated rings. The first-order valence-electron chi connectivity index (χ1n) is 9.36. The average Bonchev–Trinajstić information content (AvgIpc) is 2.70. The van der Waals surface area contributed by atoms with Gasteiger partial charge in [0, 0.05) is 22.1 Å². The highest BCUT2D eigenvalue weighted by molar-refractivity contribution is 8.00. The van der Waals surface area contributed by atoms with Gasteiger partial charge in [0.2, 0.25) is 11.7 Å². The Balaban J connectivity index is 1.75. The molecule has 0 atom stereocenters. The summed E-state index contributed by atoms with van der Waals surface area (Å²) in [5.74, 6) is -1.75. The minimum Gasteiger partial charge on any atom is -0.326 e. The van der Waals surface area contributed by atoms with Crippen molar-refractivity contribution in [1.82, 2.24) is 9.97 Å². The molecule has 1 aromatic heterocycles. The van der Waals surface area contributed by atoms with Gasteiger partial charge in [-0.25, -0.2) is 9.97 Å². The number of rotatable bonds is 5. The van der Waals surface area contributed by atoms with E-state index >= 15 is 0 Å². The van der Waals surface area contributed by atoms with Gasteiger partial charge in [-0.2, -0.15) is 13.2 Å². The minimum atomic E-state index is -4.68. The summed E-state index contributed by atoms with van der Waals surface area (Å²) in [4.78, 5) is 31.8. The monoisotopic (exact) mass is 447 g/mol. The lowest BCUT2D eigenvalue weighted by Crippen LogP contribution is -2.27. The first-order chi connectivity index (χ1) is 14.4. The summed E-state index contributed by atoms with van der Waals surface area (Å²) >= 11 is 0.931. The molecule has 0 aliphatic carbocycles. The Morgan fingerprint density at radius 1 is 0.968 bits per heavy atom. The fourth-order valence-corrected chi connectivity index (χ4v) is 3.47. The van der Waals surface area contributed by atoms with Crippen molar-refractivity contribution in [3.8, 4) is 0 Å². The van der Waals surface area contributed by atoms with Crippen LogP contribution in [0.2, 0.25) is 0 Å². The summed E-state index contributed by atoms with van der Waals surface area (Å²) in [6.45, 7) is 5.37. The van der Waals surface area contributed by atoms with Crippen LogP contribution in [0.4, 0.5) is 18.9 Å². The van der Waals surface area contributed by atoms with Crippen molar-refractivity contribution in [2.24, 2.45) is 5.41 Å². The molecule has 0 aliphatic rings. The lowest BCUT2D eigenvalue weighted by molar-refractivity contribution is -0.145. The maximum absolute atomic E-state index is 13.1. The van der Waals surface area contributed by atoms with Gasteiger partial charge in [-0.3, -0.25) is 9.59 Å². The van der Waals surface area contributed by atoms with Gasteiger partial charge in [0.1, 0.15) is 5.03 Å². The van der Waals surface area contributed by atoms with Crippen LogP contribution in [0.15, 0.2) is 53.6 Å². The number of hydrogen-bond donors (Lipinski definition) is 1. The second-order valence-electron chi connectivity index (χ2n) is 7.86. The van der Waals surface area contributed by atoms with E-state index in [1.807, 2.05) is 0 Å². The van der Waals surface area contributed by atoms with E-state index in [9.17, 15) is 22.8 Å². The Morgan fingerprint density at radius 2 is 1.61 bits per heavy atom. The number of thioether (sulfide) groups is 1. The first kappa shape index (κ1) is 22.7. The number of anilines is 1. The fourth-order valence-electron chi connectivity index (χ4n) is 2.56. The number of halogens is 3. The number of carbonyl (C=O) groups is 2. The standard InChI is InChI=1S/C22H20F3N3O2S/c1-21(2,3)20(30)26-14-10-8-13(9-11-14)17(29)12-31-18-15-6-4-5-7-16(15)27-19(28-18)22(23,24)25/h4-11H,12H2,1-3H3,(H,26,30). The highest BCUT2D eigenvalue weighted by atomic mass is 32.2. The van der Waals surface area contributed by atoms with Gasteiger partial charge in [-0.05, 0) is 30.3 Å². The van der Waals surface area contributed by atoms with E-state index in [0.29, 0.717) is 16.6 Å². The number of aromatic nitrogens is 2. The number of alkyl halides is 3. The molecular weight excluding hydrogens is 427 g/mol. The Bertz CT molecular complexity index is 1120. The van der Waals surface area contributed by atoms with Gasteiger partial charge in [-0.15, -0.1) is 0 Å².